The molecule has 0 spiro atoms. The Morgan fingerprint density at radius 3 is 2.61 bits per heavy atom. The summed E-state index contributed by atoms with van der Waals surface area (Å²) in [6.45, 7) is 0. The van der Waals surface area contributed by atoms with Crippen LogP contribution in [0.4, 0.5) is 4.39 Å². The molecule has 0 radical (unpaired) electrons. The fourth-order valence-electron chi connectivity index (χ4n) is 1.68. The van der Waals surface area contributed by atoms with Crippen molar-refractivity contribution in [3.05, 3.63) is 47.8 Å². The lowest BCUT2D eigenvalue weighted by atomic mass is 10.0. The van der Waals surface area contributed by atoms with Crippen LogP contribution < -0.4 is 4.74 Å². The highest BCUT2D eigenvalue weighted by atomic mass is 19.1. The van der Waals surface area contributed by atoms with Crippen molar-refractivity contribution in [1.29, 1.82) is 5.26 Å². The molecule has 2 aromatic rings. The summed E-state index contributed by atoms with van der Waals surface area (Å²) in [6, 6.07) is 10.8. The molecule has 0 aromatic heterocycles. The van der Waals surface area contributed by atoms with E-state index < -0.39 is 5.82 Å². The average molecular weight is 243 g/mol. The van der Waals surface area contributed by atoms with Gasteiger partial charge in [0.1, 0.15) is 5.75 Å². The zero-order valence-electron chi connectivity index (χ0n) is 9.64. The zero-order valence-corrected chi connectivity index (χ0v) is 9.64. The third-order valence-corrected chi connectivity index (χ3v) is 2.53. The first-order chi connectivity index (χ1) is 8.63. The summed E-state index contributed by atoms with van der Waals surface area (Å²) in [5.74, 6) is -0.344. The van der Waals surface area contributed by atoms with Crippen LogP contribution in [0.15, 0.2) is 36.4 Å². The molecular weight excluding hydrogens is 233 g/mol. The Hall–Kier alpha value is -2.54. The number of hydrogen-bond donors (Lipinski definition) is 1. The summed E-state index contributed by atoms with van der Waals surface area (Å²) < 4.78 is 18.2. The number of phenolic OH excluding ortho intramolecular Hbond substituents is 1. The molecule has 0 saturated heterocycles. The second-order valence-electron chi connectivity index (χ2n) is 3.73. The van der Waals surface area contributed by atoms with E-state index in [2.05, 4.69) is 0 Å². The molecule has 0 aliphatic rings. The monoisotopic (exact) mass is 243 g/mol. The summed E-state index contributed by atoms with van der Waals surface area (Å²) in [5, 5.41) is 18.3. The lowest BCUT2D eigenvalue weighted by Crippen LogP contribution is -1.89. The normalized spacial score (nSPS) is 9.83. The molecule has 90 valence electrons. The molecule has 0 unspecified atom stereocenters. The van der Waals surface area contributed by atoms with E-state index in [0.29, 0.717) is 16.7 Å². The molecule has 2 rings (SSSR count). The minimum Gasteiger partial charge on any atom is -0.508 e. The van der Waals surface area contributed by atoms with Crippen LogP contribution in [0, 0.1) is 17.1 Å². The second-order valence-corrected chi connectivity index (χ2v) is 3.73. The standard InChI is InChI=1S/C14H10FNO2/c1-18-14-7-10(2-3-13(14)15)11-4-9(8-16)5-12(17)6-11/h2-7,17H,1H3. The van der Waals surface area contributed by atoms with Gasteiger partial charge >= 0.3 is 0 Å². The molecule has 0 aliphatic heterocycles. The van der Waals surface area contributed by atoms with Gasteiger partial charge in [-0.05, 0) is 41.5 Å². The van der Waals surface area contributed by atoms with Crippen molar-refractivity contribution in [3.8, 4) is 28.7 Å². The van der Waals surface area contributed by atoms with E-state index in [1.165, 1.54) is 31.4 Å². The van der Waals surface area contributed by atoms with E-state index in [1.54, 1.807) is 12.1 Å². The van der Waals surface area contributed by atoms with Crippen LogP contribution in [-0.2, 0) is 0 Å². The lowest BCUT2D eigenvalue weighted by molar-refractivity contribution is 0.387. The van der Waals surface area contributed by atoms with Gasteiger partial charge in [0.2, 0.25) is 0 Å². The van der Waals surface area contributed by atoms with Crippen LogP contribution in [0.25, 0.3) is 11.1 Å². The van der Waals surface area contributed by atoms with Gasteiger partial charge in [0.15, 0.2) is 11.6 Å². The summed E-state index contributed by atoms with van der Waals surface area (Å²) in [4.78, 5) is 0. The molecule has 18 heavy (non-hydrogen) atoms. The molecule has 0 saturated carbocycles. The van der Waals surface area contributed by atoms with Gasteiger partial charge in [0.05, 0.1) is 18.7 Å². The van der Waals surface area contributed by atoms with Crippen molar-refractivity contribution in [2.24, 2.45) is 0 Å². The maximum atomic E-state index is 13.3. The van der Waals surface area contributed by atoms with Gasteiger partial charge in [-0.15, -0.1) is 0 Å². The van der Waals surface area contributed by atoms with Crippen molar-refractivity contribution in [2.75, 3.05) is 7.11 Å². The van der Waals surface area contributed by atoms with Crippen LogP contribution >= 0.6 is 0 Å². The number of nitrogens with zero attached hydrogens (tertiary/aromatic N) is 1. The third kappa shape index (κ3) is 2.25. The zero-order chi connectivity index (χ0) is 13.1. The SMILES string of the molecule is COc1cc(-c2cc(O)cc(C#N)c2)ccc1F. The molecule has 4 heteroatoms. The van der Waals surface area contributed by atoms with Crippen LogP contribution in [0.1, 0.15) is 5.56 Å². The van der Waals surface area contributed by atoms with Crippen molar-refractivity contribution in [3.63, 3.8) is 0 Å². The number of benzene rings is 2. The number of rotatable bonds is 2. The van der Waals surface area contributed by atoms with E-state index >= 15 is 0 Å². The Labute approximate surface area is 104 Å². The van der Waals surface area contributed by atoms with Gasteiger partial charge in [-0.1, -0.05) is 6.07 Å². The fraction of sp³-hybridized carbons (Fsp3) is 0.0714. The molecule has 0 amide bonds. The number of hydrogen-bond acceptors (Lipinski definition) is 3. The van der Waals surface area contributed by atoms with Gasteiger partial charge in [-0.25, -0.2) is 4.39 Å². The second kappa shape index (κ2) is 4.76. The number of nitriles is 1. The first kappa shape index (κ1) is 11.9. The molecular formula is C14H10FNO2. The van der Waals surface area contributed by atoms with E-state index in [9.17, 15) is 9.50 Å². The number of methoxy groups -OCH3 is 1. The largest absolute Gasteiger partial charge is 0.508 e. The number of aromatic hydroxyl groups is 1. The molecule has 3 nitrogen and oxygen atoms in total. The van der Waals surface area contributed by atoms with E-state index in [-0.39, 0.29) is 11.5 Å². The molecule has 0 atom stereocenters. The Morgan fingerprint density at radius 1 is 1.17 bits per heavy atom. The molecule has 2 aromatic carbocycles. The highest BCUT2D eigenvalue weighted by Gasteiger charge is 2.07. The summed E-state index contributed by atoms with van der Waals surface area (Å²) in [6.07, 6.45) is 0. The number of ether oxygens (including phenoxy) is 1. The molecule has 1 N–H and O–H groups in total. The Bertz CT molecular complexity index is 632. The average Bonchev–Trinajstić information content (AvgIpc) is 2.38. The van der Waals surface area contributed by atoms with E-state index in [4.69, 9.17) is 10.00 Å². The van der Waals surface area contributed by atoms with Gasteiger partial charge in [0, 0.05) is 0 Å². The lowest BCUT2D eigenvalue weighted by Gasteiger charge is -2.07. The third-order valence-electron chi connectivity index (χ3n) is 2.53. The Balaban J connectivity index is 2.55. The predicted octanol–water partition coefficient (Wildman–Crippen LogP) is 3.08. The highest BCUT2D eigenvalue weighted by molar-refractivity contribution is 5.68. The Kier molecular flexibility index (Phi) is 3.16. The van der Waals surface area contributed by atoms with Gasteiger partial charge in [0.25, 0.3) is 0 Å². The van der Waals surface area contributed by atoms with E-state index in [1.807, 2.05) is 6.07 Å². The van der Waals surface area contributed by atoms with Gasteiger partial charge in [-0.3, -0.25) is 0 Å². The minimum absolute atomic E-state index is 0.00709. The quantitative estimate of drug-likeness (QED) is 0.881. The van der Waals surface area contributed by atoms with Crippen molar-refractivity contribution < 1.29 is 14.2 Å². The molecule has 0 heterocycles. The molecule has 0 aliphatic carbocycles. The summed E-state index contributed by atoms with van der Waals surface area (Å²) >= 11 is 0. The Morgan fingerprint density at radius 2 is 1.94 bits per heavy atom. The highest BCUT2D eigenvalue weighted by Crippen LogP contribution is 2.29. The predicted molar refractivity (Wildman–Crippen MR) is 64.8 cm³/mol. The minimum atomic E-state index is -0.457. The van der Waals surface area contributed by atoms with E-state index in [0.717, 1.165) is 0 Å². The molecule has 0 bridgehead atoms. The van der Waals surface area contributed by atoms with Crippen LogP contribution in [0.2, 0.25) is 0 Å². The summed E-state index contributed by atoms with van der Waals surface area (Å²) in [5.41, 5.74) is 1.64. The van der Waals surface area contributed by atoms with Gasteiger partial charge < -0.3 is 9.84 Å². The van der Waals surface area contributed by atoms with Crippen molar-refractivity contribution >= 4 is 0 Å². The molecule has 0 fully saturated rings. The topological polar surface area (TPSA) is 53.2 Å². The van der Waals surface area contributed by atoms with Crippen LogP contribution in [-0.4, -0.2) is 12.2 Å². The number of phenols is 1. The van der Waals surface area contributed by atoms with Crippen LogP contribution in [0.3, 0.4) is 0 Å². The maximum Gasteiger partial charge on any atom is 0.165 e. The first-order valence-electron chi connectivity index (χ1n) is 5.22. The first-order valence-corrected chi connectivity index (χ1v) is 5.22. The van der Waals surface area contributed by atoms with Gasteiger partial charge in [-0.2, -0.15) is 5.26 Å². The fourth-order valence-corrected chi connectivity index (χ4v) is 1.68. The smallest absolute Gasteiger partial charge is 0.165 e. The maximum absolute atomic E-state index is 13.3. The van der Waals surface area contributed by atoms with Crippen molar-refractivity contribution in [1.82, 2.24) is 0 Å². The summed E-state index contributed by atoms with van der Waals surface area (Å²) in [7, 11) is 1.38. The van der Waals surface area contributed by atoms with Crippen LogP contribution in [0.5, 0.6) is 11.5 Å². The number of halogens is 1. The van der Waals surface area contributed by atoms with Crippen molar-refractivity contribution in [2.45, 2.75) is 0 Å².